The topological polar surface area (TPSA) is 12.0 Å². The van der Waals surface area contributed by atoms with Crippen LogP contribution < -0.4 is 5.32 Å². The predicted molar refractivity (Wildman–Crippen MR) is 76.7 cm³/mol. The van der Waals surface area contributed by atoms with E-state index in [0.717, 1.165) is 6.54 Å². The highest BCUT2D eigenvalue weighted by molar-refractivity contribution is 6.30. The number of hydrogen-bond donors (Lipinski definition) is 1. The lowest BCUT2D eigenvalue weighted by atomic mass is 9.85. The molecule has 0 amide bonds. The zero-order valence-corrected chi connectivity index (χ0v) is 12.7. The van der Waals surface area contributed by atoms with E-state index in [9.17, 15) is 4.39 Å². The summed E-state index contributed by atoms with van der Waals surface area (Å²) in [5.74, 6) is -0.289. The van der Waals surface area contributed by atoms with Crippen molar-refractivity contribution in [2.24, 2.45) is 5.41 Å². The van der Waals surface area contributed by atoms with E-state index in [1.54, 1.807) is 18.2 Å². The molecule has 0 aliphatic rings. The van der Waals surface area contributed by atoms with Crippen LogP contribution in [0, 0.1) is 11.2 Å². The summed E-state index contributed by atoms with van der Waals surface area (Å²) < 4.78 is 13.9. The fourth-order valence-corrected chi connectivity index (χ4v) is 1.96. The molecule has 18 heavy (non-hydrogen) atoms. The number of rotatable bonds is 4. The number of hydrogen-bond acceptors (Lipinski definition) is 1. The van der Waals surface area contributed by atoms with Crippen LogP contribution in [0.25, 0.3) is 0 Å². The highest BCUT2D eigenvalue weighted by Crippen LogP contribution is 2.26. The predicted octanol–water partition coefficient (Wildman–Crippen LogP) is 4.44. The molecule has 102 valence electrons. The Morgan fingerprint density at radius 2 is 1.78 bits per heavy atom. The van der Waals surface area contributed by atoms with Crippen molar-refractivity contribution in [3.8, 4) is 0 Å². The van der Waals surface area contributed by atoms with Crippen LogP contribution in [0.1, 0.15) is 40.2 Å². The molecule has 0 aromatic heterocycles. The molecule has 0 aliphatic carbocycles. The lowest BCUT2D eigenvalue weighted by Gasteiger charge is -2.30. The minimum Gasteiger partial charge on any atom is -0.312 e. The van der Waals surface area contributed by atoms with Crippen LogP contribution in [0.2, 0.25) is 5.02 Å². The SMILES string of the molecule is CC(C)(CNC(C)(C)C)Cc1cccc(Cl)c1F. The Hall–Kier alpha value is -0.600. The van der Waals surface area contributed by atoms with Gasteiger partial charge in [-0.15, -0.1) is 0 Å². The lowest BCUT2D eigenvalue weighted by Crippen LogP contribution is -2.42. The Balaban J connectivity index is 2.73. The van der Waals surface area contributed by atoms with Crippen LogP contribution in [0.4, 0.5) is 4.39 Å². The Morgan fingerprint density at radius 3 is 2.33 bits per heavy atom. The highest BCUT2D eigenvalue weighted by Gasteiger charge is 2.23. The zero-order valence-electron chi connectivity index (χ0n) is 11.9. The summed E-state index contributed by atoms with van der Waals surface area (Å²) in [6.07, 6.45) is 0.669. The summed E-state index contributed by atoms with van der Waals surface area (Å²) in [6, 6.07) is 5.19. The number of halogens is 2. The van der Waals surface area contributed by atoms with Gasteiger partial charge in [-0.1, -0.05) is 37.6 Å². The molecule has 0 unspecified atom stereocenters. The van der Waals surface area contributed by atoms with Crippen molar-refractivity contribution in [1.29, 1.82) is 0 Å². The summed E-state index contributed by atoms with van der Waals surface area (Å²) in [5.41, 5.74) is 0.742. The van der Waals surface area contributed by atoms with Gasteiger partial charge < -0.3 is 5.32 Å². The second kappa shape index (κ2) is 5.58. The molecule has 0 saturated heterocycles. The van der Waals surface area contributed by atoms with Gasteiger partial charge in [0, 0.05) is 12.1 Å². The first kappa shape index (κ1) is 15.5. The summed E-state index contributed by atoms with van der Waals surface area (Å²) in [4.78, 5) is 0. The van der Waals surface area contributed by atoms with Crippen molar-refractivity contribution in [2.45, 2.75) is 46.6 Å². The molecule has 0 bridgehead atoms. The van der Waals surface area contributed by atoms with Crippen LogP contribution in [0.5, 0.6) is 0 Å². The highest BCUT2D eigenvalue weighted by atomic mass is 35.5. The van der Waals surface area contributed by atoms with Crippen molar-refractivity contribution < 1.29 is 4.39 Å². The number of benzene rings is 1. The van der Waals surface area contributed by atoms with Crippen molar-refractivity contribution in [2.75, 3.05) is 6.54 Å². The van der Waals surface area contributed by atoms with Crippen LogP contribution in [-0.2, 0) is 6.42 Å². The fraction of sp³-hybridized carbons (Fsp3) is 0.600. The van der Waals surface area contributed by atoms with E-state index in [2.05, 4.69) is 39.9 Å². The average Bonchev–Trinajstić information content (AvgIpc) is 2.21. The first-order valence-corrected chi connectivity index (χ1v) is 6.66. The van der Waals surface area contributed by atoms with Gasteiger partial charge in [-0.25, -0.2) is 4.39 Å². The standard InChI is InChI=1S/C15H23ClFN/c1-14(2,3)18-10-15(4,5)9-11-7-6-8-12(16)13(11)17/h6-8,18H,9-10H2,1-5H3. The molecule has 1 nitrogen and oxygen atoms in total. The quantitative estimate of drug-likeness (QED) is 0.854. The summed E-state index contributed by atoms with van der Waals surface area (Å²) in [7, 11) is 0. The van der Waals surface area contributed by atoms with Crippen molar-refractivity contribution in [1.82, 2.24) is 5.32 Å². The molecule has 1 aromatic rings. The van der Waals surface area contributed by atoms with Gasteiger partial charge in [0.05, 0.1) is 5.02 Å². The molecule has 3 heteroatoms. The molecule has 0 spiro atoms. The largest absolute Gasteiger partial charge is 0.312 e. The van der Waals surface area contributed by atoms with Gasteiger partial charge in [-0.2, -0.15) is 0 Å². The van der Waals surface area contributed by atoms with Crippen LogP contribution >= 0.6 is 11.6 Å². The van der Waals surface area contributed by atoms with E-state index in [0.29, 0.717) is 12.0 Å². The van der Waals surface area contributed by atoms with Crippen molar-refractivity contribution >= 4 is 11.6 Å². The van der Waals surface area contributed by atoms with Crippen LogP contribution in [-0.4, -0.2) is 12.1 Å². The molecule has 0 heterocycles. The second-order valence-corrected chi connectivity index (χ2v) is 7.06. The maximum atomic E-state index is 13.9. The van der Waals surface area contributed by atoms with E-state index in [1.807, 2.05) is 0 Å². The summed E-state index contributed by atoms with van der Waals surface area (Å²) in [6.45, 7) is 11.5. The molecular weight excluding hydrogens is 249 g/mol. The molecule has 0 aliphatic heterocycles. The maximum absolute atomic E-state index is 13.9. The lowest BCUT2D eigenvalue weighted by molar-refractivity contribution is 0.286. The third-order valence-corrected chi connectivity index (χ3v) is 3.09. The van der Waals surface area contributed by atoms with E-state index >= 15 is 0 Å². The molecule has 1 rings (SSSR count). The summed E-state index contributed by atoms with van der Waals surface area (Å²) >= 11 is 5.80. The molecule has 1 N–H and O–H groups in total. The van der Waals surface area contributed by atoms with Gasteiger partial charge in [0.15, 0.2) is 0 Å². The minimum atomic E-state index is -0.289. The Bertz CT molecular complexity index is 407. The van der Waals surface area contributed by atoms with Crippen LogP contribution in [0.3, 0.4) is 0 Å². The third-order valence-electron chi connectivity index (χ3n) is 2.80. The van der Waals surface area contributed by atoms with Gasteiger partial charge in [0.2, 0.25) is 0 Å². The van der Waals surface area contributed by atoms with E-state index in [4.69, 9.17) is 11.6 Å². The van der Waals surface area contributed by atoms with Gasteiger partial charge in [0.25, 0.3) is 0 Å². The molecule has 0 saturated carbocycles. The monoisotopic (exact) mass is 271 g/mol. The third kappa shape index (κ3) is 4.95. The first-order valence-electron chi connectivity index (χ1n) is 6.29. The fourth-order valence-electron chi connectivity index (χ4n) is 1.77. The van der Waals surface area contributed by atoms with Gasteiger partial charge in [-0.05, 0) is 44.2 Å². The number of nitrogens with one attached hydrogen (secondary N) is 1. The van der Waals surface area contributed by atoms with E-state index < -0.39 is 0 Å². The molecular formula is C15H23ClFN. The maximum Gasteiger partial charge on any atom is 0.144 e. The Labute approximate surface area is 115 Å². The molecule has 0 atom stereocenters. The Morgan fingerprint density at radius 1 is 1.17 bits per heavy atom. The normalized spacial score (nSPS) is 12.8. The van der Waals surface area contributed by atoms with Crippen molar-refractivity contribution in [3.63, 3.8) is 0 Å². The minimum absolute atomic E-state index is 0.0151. The Kier molecular flexibility index (Phi) is 4.79. The average molecular weight is 272 g/mol. The molecule has 0 fully saturated rings. The van der Waals surface area contributed by atoms with Crippen molar-refractivity contribution in [3.05, 3.63) is 34.6 Å². The first-order chi connectivity index (χ1) is 8.11. The van der Waals surface area contributed by atoms with Gasteiger partial charge in [-0.3, -0.25) is 0 Å². The van der Waals surface area contributed by atoms with Gasteiger partial charge >= 0.3 is 0 Å². The smallest absolute Gasteiger partial charge is 0.144 e. The summed E-state index contributed by atoms with van der Waals surface area (Å²) in [5, 5.41) is 3.66. The van der Waals surface area contributed by atoms with E-state index in [-0.39, 0.29) is 21.8 Å². The second-order valence-electron chi connectivity index (χ2n) is 6.66. The van der Waals surface area contributed by atoms with Crippen LogP contribution in [0.15, 0.2) is 18.2 Å². The zero-order chi connectivity index (χ0) is 14.0. The van der Waals surface area contributed by atoms with Gasteiger partial charge in [0.1, 0.15) is 5.82 Å². The van der Waals surface area contributed by atoms with E-state index in [1.165, 1.54) is 0 Å². The molecule has 1 aromatic carbocycles. The molecule has 0 radical (unpaired) electrons.